The second-order valence-electron chi connectivity index (χ2n) is 6.16. The van der Waals surface area contributed by atoms with E-state index in [1.165, 1.54) is 31.8 Å². The number of rotatable bonds is 5. The summed E-state index contributed by atoms with van der Waals surface area (Å²) in [7, 11) is -0.664. The van der Waals surface area contributed by atoms with Crippen LogP contribution in [0.1, 0.15) is 35.7 Å². The van der Waals surface area contributed by atoms with Crippen molar-refractivity contribution in [3.8, 4) is 0 Å². The van der Waals surface area contributed by atoms with Gasteiger partial charge in [0.05, 0.1) is 10.5 Å². The first kappa shape index (κ1) is 19.9. The minimum absolute atomic E-state index is 0.0956. The topological polar surface area (TPSA) is 66.5 Å². The predicted octanol–water partition coefficient (Wildman–Crippen LogP) is 3.92. The molecular weight excluding hydrogens is 451 g/mol. The Hall–Kier alpha value is -1.45. The number of sulfonamides is 1. The molecule has 0 aliphatic rings. The van der Waals surface area contributed by atoms with Crippen molar-refractivity contribution in [2.45, 2.75) is 24.7 Å². The number of carbonyl (C=O) groups excluding carboxylic acids is 1. The van der Waals surface area contributed by atoms with Crippen LogP contribution in [-0.2, 0) is 10.0 Å². The molecule has 134 valence electrons. The van der Waals surface area contributed by atoms with E-state index >= 15 is 0 Å². The van der Waals surface area contributed by atoms with E-state index < -0.39 is 10.0 Å². The number of nitrogens with zero attached hydrogens (tertiary/aromatic N) is 1. The van der Waals surface area contributed by atoms with E-state index in [-0.39, 0.29) is 10.8 Å². The van der Waals surface area contributed by atoms with Crippen molar-refractivity contribution in [2.75, 3.05) is 19.4 Å². The number of benzene rings is 2. The summed E-state index contributed by atoms with van der Waals surface area (Å²) >= 11 is 2.03. The van der Waals surface area contributed by atoms with E-state index in [9.17, 15) is 13.2 Å². The Morgan fingerprint density at radius 1 is 1.08 bits per heavy atom. The number of anilines is 1. The fraction of sp³-hybridized carbons (Fsp3) is 0.278. The summed E-state index contributed by atoms with van der Waals surface area (Å²) in [6.07, 6.45) is 0. The second kappa shape index (κ2) is 7.84. The highest BCUT2D eigenvalue weighted by Crippen LogP contribution is 2.22. The van der Waals surface area contributed by atoms with Crippen molar-refractivity contribution in [1.29, 1.82) is 0 Å². The van der Waals surface area contributed by atoms with Gasteiger partial charge in [-0.25, -0.2) is 12.7 Å². The lowest BCUT2D eigenvalue weighted by molar-refractivity contribution is 0.102. The summed E-state index contributed by atoms with van der Waals surface area (Å²) in [5.41, 5.74) is 2.19. The van der Waals surface area contributed by atoms with Crippen molar-refractivity contribution in [1.82, 2.24) is 4.31 Å². The molecule has 1 amide bonds. The molecule has 0 unspecified atom stereocenters. The molecule has 0 atom stereocenters. The lowest BCUT2D eigenvalue weighted by atomic mass is 10.0. The Balaban J connectivity index is 2.30. The van der Waals surface area contributed by atoms with Gasteiger partial charge in [0.15, 0.2) is 0 Å². The molecular formula is C18H21IN2O3S. The third kappa shape index (κ3) is 4.59. The minimum atomic E-state index is -3.59. The average molecular weight is 472 g/mol. The third-order valence-electron chi connectivity index (χ3n) is 3.80. The molecule has 7 heteroatoms. The first-order chi connectivity index (χ1) is 11.6. The zero-order chi connectivity index (χ0) is 18.8. The average Bonchev–Trinajstić information content (AvgIpc) is 2.55. The van der Waals surface area contributed by atoms with Crippen molar-refractivity contribution < 1.29 is 13.2 Å². The number of hydrogen-bond donors (Lipinski definition) is 1. The molecule has 2 rings (SSSR count). The first-order valence-corrected chi connectivity index (χ1v) is 10.3. The van der Waals surface area contributed by atoms with Gasteiger partial charge in [0.25, 0.3) is 5.91 Å². The largest absolute Gasteiger partial charge is 0.322 e. The highest BCUT2D eigenvalue weighted by Gasteiger charge is 2.20. The fourth-order valence-electron chi connectivity index (χ4n) is 2.20. The van der Waals surface area contributed by atoms with Crippen LogP contribution < -0.4 is 5.32 Å². The molecule has 0 heterocycles. The summed E-state index contributed by atoms with van der Waals surface area (Å²) in [4.78, 5) is 12.7. The molecule has 2 aromatic rings. The Kier molecular flexibility index (Phi) is 6.23. The van der Waals surface area contributed by atoms with Crippen LogP contribution in [0.25, 0.3) is 0 Å². The van der Waals surface area contributed by atoms with E-state index in [0.29, 0.717) is 20.7 Å². The van der Waals surface area contributed by atoms with Crippen LogP contribution in [0.2, 0.25) is 0 Å². The molecule has 5 nitrogen and oxygen atoms in total. The van der Waals surface area contributed by atoms with Crippen LogP contribution in [0.15, 0.2) is 47.4 Å². The van der Waals surface area contributed by atoms with E-state index in [4.69, 9.17) is 0 Å². The Morgan fingerprint density at radius 3 is 2.20 bits per heavy atom. The zero-order valence-corrected chi connectivity index (χ0v) is 17.6. The van der Waals surface area contributed by atoms with Crippen LogP contribution in [0.5, 0.6) is 0 Å². The maximum Gasteiger partial charge on any atom is 0.256 e. The molecule has 0 aliphatic heterocycles. The number of hydrogen-bond acceptors (Lipinski definition) is 3. The zero-order valence-electron chi connectivity index (χ0n) is 14.6. The summed E-state index contributed by atoms with van der Waals surface area (Å²) < 4.78 is 26.4. The minimum Gasteiger partial charge on any atom is -0.322 e. The predicted molar refractivity (Wildman–Crippen MR) is 109 cm³/mol. The molecule has 0 spiro atoms. The van der Waals surface area contributed by atoms with Gasteiger partial charge in [-0.1, -0.05) is 26.0 Å². The van der Waals surface area contributed by atoms with Gasteiger partial charge in [-0.3, -0.25) is 4.79 Å². The number of carbonyl (C=O) groups is 1. The molecule has 0 aliphatic carbocycles. The van der Waals surface area contributed by atoms with Gasteiger partial charge < -0.3 is 5.32 Å². The third-order valence-corrected chi connectivity index (χ3v) is 6.55. The summed E-state index contributed by atoms with van der Waals surface area (Å²) in [5.74, 6) is 0.0797. The van der Waals surface area contributed by atoms with Crippen molar-refractivity contribution in [2.24, 2.45) is 0 Å². The smallest absolute Gasteiger partial charge is 0.256 e. The molecule has 1 N–H and O–H groups in total. The maximum absolute atomic E-state index is 12.6. The van der Waals surface area contributed by atoms with Gasteiger partial charge in [-0.05, 0) is 64.4 Å². The quantitative estimate of drug-likeness (QED) is 0.672. The summed E-state index contributed by atoms with van der Waals surface area (Å²) in [6, 6.07) is 12.2. The van der Waals surface area contributed by atoms with E-state index in [2.05, 4.69) is 19.2 Å². The molecule has 0 saturated heterocycles. The van der Waals surface area contributed by atoms with Gasteiger partial charge in [0.2, 0.25) is 10.0 Å². The lowest BCUT2D eigenvalue weighted by Crippen LogP contribution is -2.23. The van der Waals surface area contributed by atoms with Crippen molar-refractivity contribution in [3.63, 3.8) is 0 Å². The van der Waals surface area contributed by atoms with E-state index in [1.54, 1.807) is 6.07 Å². The number of halogens is 1. The van der Waals surface area contributed by atoms with Crippen molar-refractivity contribution in [3.05, 3.63) is 57.2 Å². The Morgan fingerprint density at radius 2 is 1.68 bits per heavy atom. The number of amides is 1. The monoisotopic (exact) mass is 472 g/mol. The van der Waals surface area contributed by atoms with Crippen LogP contribution in [0, 0.1) is 3.57 Å². The van der Waals surface area contributed by atoms with Gasteiger partial charge in [-0.2, -0.15) is 0 Å². The van der Waals surface area contributed by atoms with Gasteiger partial charge in [0, 0.05) is 23.4 Å². The first-order valence-electron chi connectivity index (χ1n) is 7.76. The van der Waals surface area contributed by atoms with E-state index in [1.807, 2.05) is 46.9 Å². The fourth-order valence-corrected chi connectivity index (χ4v) is 3.71. The molecule has 0 fully saturated rings. The molecule has 0 saturated carbocycles. The van der Waals surface area contributed by atoms with Crippen LogP contribution in [-0.4, -0.2) is 32.7 Å². The molecule has 0 radical (unpaired) electrons. The maximum atomic E-state index is 12.6. The second-order valence-corrected chi connectivity index (χ2v) is 9.47. The molecule has 0 aromatic heterocycles. The van der Waals surface area contributed by atoms with Gasteiger partial charge in [-0.15, -0.1) is 0 Å². The SMILES string of the molecule is CC(C)c1ccc(NC(=O)c2cc(S(=O)(=O)N(C)C)ccc2I)cc1. The normalized spacial score (nSPS) is 11.8. The van der Waals surface area contributed by atoms with Crippen LogP contribution in [0.4, 0.5) is 5.69 Å². The Labute approximate surface area is 162 Å². The molecule has 2 aromatic carbocycles. The standard InChI is InChI=1S/C18H21IN2O3S/c1-12(2)13-5-7-14(8-6-13)20-18(22)16-11-15(9-10-17(16)19)25(23,24)21(3)4/h5-12H,1-4H3,(H,20,22). The highest BCUT2D eigenvalue weighted by atomic mass is 127. The lowest BCUT2D eigenvalue weighted by Gasteiger charge is -2.13. The van der Waals surface area contributed by atoms with Gasteiger partial charge >= 0.3 is 0 Å². The van der Waals surface area contributed by atoms with E-state index in [0.717, 1.165) is 4.31 Å². The highest BCUT2D eigenvalue weighted by molar-refractivity contribution is 14.1. The summed E-state index contributed by atoms with van der Waals surface area (Å²) in [6.45, 7) is 4.21. The summed E-state index contributed by atoms with van der Waals surface area (Å²) in [5, 5.41) is 2.82. The van der Waals surface area contributed by atoms with Gasteiger partial charge in [0.1, 0.15) is 0 Å². The van der Waals surface area contributed by atoms with Crippen LogP contribution >= 0.6 is 22.6 Å². The number of nitrogens with one attached hydrogen (secondary N) is 1. The van der Waals surface area contributed by atoms with Crippen molar-refractivity contribution >= 4 is 44.2 Å². The Bertz CT molecular complexity index is 876. The van der Waals surface area contributed by atoms with Crippen LogP contribution in [0.3, 0.4) is 0 Å². The molecule has 0 bridgehead atoms. The molecule has 25 heavy (non-hydrogen) atoms.